The Hall–Kier alpha value is -2.90. The summed E-state index contributed by atoms with van der Waals surface area (Å²) < 4.78 is 27.5. The van der Waals surface area contributed by atoms with E-state index in [9.17, 15) is 18.7 Å². The first-order valence-corrected chi connectivity index (χ1v) is 8.80. The van der Waals surface area contributed by atoms with Crippen molar-refractivity contribution in [1.82, 2.24) is 9.55 Å². The van der Waals surface area contributed by atoms with Gasteiger partial charge in [-0.15, -0.1) is 0 Å². The smallest absolute Gasteiger partial charge is 0.329 e. The number of imidazole rings is 1. The molecule has 1 aliphatic rings. The molecule has 2 N–H and O–H groups in total. The van der Waals surface area contributed by atoms with Crippen molar-refractivity contribution < 1.29 is 13.9 Å². The Bertz CT molecular complexity index is 1230. The number of aromatic hydroxyl groups is 1. The van der Waals surface area contributed by atoms with E-state index in [2.05, 4.69) is 9.98 Å². The quantitative estimate of drug-likeness (QED) is 0.639. The van der Waals surface area contributed by atoms with Gasteiger partial charge in [-0.1, -0.05) is 35.3 Å². The number of halogens is 4. The van der Waals surface area contributed by atoms with Crippen molar-refractivity contribution in [2.75, 3.05) is 0 Å². The van der Waals surface area contributed by atoms with Gasteiger partial charge in [-0.25, -0.2) is 13.6 Å². The lowest BCUT2D eigenvalue weighted by atomic mass is 10.1. The van der Waals surface area contributed by atoms with E-state index < -0.39 is 17.3 Å². The Balaban J connectivity index is 1.71. The molecule has 4 rings (SSSR count). The first kappa shape index (κ1) is 18.5. The maximum atomic E-state index is 13.4. The van der Waals surface area contributed by atoms with Crippen LogP contribution in [0.1, 0.15) is 16.8 Å². The van der Waals surface area contributed by atoms with Gasteiger partial charge in [0.2, 0.25) is 5.88 Å². The summed E-state index contributed by atoms with van der Waals surface area (Å²) in [5.74, 6) is -2.36. The zero-order valence-corrected chi connectivity index (χ0v) is 15.5. The van der Waals surface area contributed by atoms with Crippen LogP contribution in [-0.2, 0) is 6.54 Å². The molecule has 0 fully saturated rings. The average molecular weight is 422 g/mol. The first-order chi connectivity index (χ1) is 13.3. The molecule has 0 spiro atoms. The number of aromatic nitrogens is 2. The molecular weight excluding hydrogens is 411 g/mol. The summed E-state index contributed by atoms with van der Waals surface area (Å²) in [6.45, 7) is -0.131. The highest BCUT2D eigenvalue weighted by Gasteiger charge is 2.19. The molecule has 1 aliphatic heterocycles. The summed E-state index contributed by atoms with van der Waals surface area (Å²) in [7, 11) is 0. The number of nitrogens with zero attached hydrogens (tertiary/aromatic N) is 2. The molecule has 1 aromatic heterocycles. The van der Waals surface area contributed by atoms with Crippen LogP contribution < -0.4 is 5.69 Å². The van der Waals surface area contributed by atoms with E-state index in [-0.39, 0.29) is 18.1 Å². The number of hydrogen-bond acceptors (Lipinski definition) is 3. The van der Waals surface area contributed by atoms with Gasteiger partial charge in [0.25, 0.3) is 0 Å². The number of hydrogen-bond donors (Lipinski definition) is 2. The Morgan fingerprint density at radius 2 is 1.96 bits per heavy atom. The molecule has 0 saturated heterocycles. The van der Waals surface area contributed by atoms with E-state index in [1.165, 1.54) is 18.4 Å². The predicted octanol–water partition coefficient (Wildman–Crippen LogP) is 4.77. The van der Waals surface area contributed by atoms with Crippen LogP contribution in [0.15, 0.2) is 40.1 Å². The van der Waals surface area contributed by atoms with Gasteiger partial charge in [0, 0.05) is 17.4 Å². The number of fused-ring (bicyclic) bond motifs is 1. The highest BCUT2D eigenvalue weighted by atomic mass is 35.5. The second-order valence-corrected chi connectivity index (χ2v) is 6.90. The van der Waals surface area contributed by atoms with Gasteiger partial charge in [0.05, 0.1) is 22.3 Å². The molecule has 0 unspecified atom stereocenters. The van der Waals surface area contributed by atoms with E-state index in [4.69, 9.17) is 23.2 Å². The normalized spacial score (nSPS) is 14.1. The molecular formula is C19H11Cl2F2N3O2. The van der Waals surface area contributed by atoms with Crippen LogP contribution in [0, 0.1) is 11.6 Å². The average Bonchev–Trinajstić information content (AvgIpc) is 3.18. The van der Waals surface area contributed by atoms with Crippen molar-refractivity contribution in [1.29, 1.82) is 0 Å². The zero-order valence-electron chi connectivity index (χ0n) is 14.0. The zero-order chi connectivity index (χ0) is 20.0. The fourth-order valence-electron chi connectivity index (χ4n) is 2.92. The summed E-state index contributed by atoms with van der Waals surface area (Å²) in [5.41, 5.74) is 1.69. The lowest BCUT2D eigenvalue weighted by Crippen LogP contribution is -2.17. The molecule has 9 heteroatoms. The van der Waals surface area contributed by atoms with E-state index in [1.54, 1.807) is 12.1 Å². The second kappa shape index (κ2) is 6.92. The second-order valence-electron chi connectivity index (χ2n) is 6.12. The number of allylic oxidation sites excluding steroid dienone is 1. The van der Waals surface area contributed by atoms with Crippen molar-refractivity contribution in [3.05, 3.63) is 79.3 Å². The van der Waals surface area contributed by atoms with E-state index in [0.717, 1.165) is 16.7 Å². The third-order valence-electron chi connectivity index (χ3n) is 4.32. The Morgan fingerprint density at radius 1 is 1.18 bits per heavy atom. The highest BCUT2D eigenvalue weighted by molar-refractivity contribution is 6.44. The maximum Gasteiger partial charge on any atom is 0.329 e. The fraction of sp³-hybridized carbons (Fsp3) is 0.0526. The van der Waals surface area contributed by atoms with Crippen LogP contribution in [0.4, 0.5) is 14.5 Å². The van der Waals surface area contributed by atoms with Gasteiger partial charge in [0.15, 0.2) is 11.6 Å². The van der Waals surface area contributed by atoms with Gasteiger partial charge in [-0.3, -0.25) is 9.56 Å². The van der Waals surface area contributed by atoms with E-state index >= 15 is 0 Å². The molecule has 0 atom stereocenters. The summed E-state index contributed by atoms with van der Waals surface area (Å²) in [6, 6.07) is 6.63. The fourth-order valence-corrected chi connectivity index (χ4v) is 3.29. The van der Waals surface area contributed by atoms with Crippen LogP contribution >= 0.6 is 23.2 Å². The number of aromatic amines is 1. The van der Waals surface area contributed by atoms with E-state index in [0.29, 0.717) is 32.4 Å². The Labute approximate surface area is 167 Å². The molecule has 0 saturated carbocycles. The van der Waals surface area contributed by atoms with Crippen LogP contribution in [0.2, 0.25) is 10.0 Å². The Kier molecular flexibility index (Phi) is 4.56. The molecule has 3 aromatic rings. The van der Waals surface area contributed by atoms with Crippen molar-refractivity contribution in [3.8, 4) is 5.88 Å². The number of rotatable bonds is 3. The molecule has 2 heterocycles. The van der Waals surface area contributed by atoms with Gasteiger partial charge in [-0.2, -0.15) is 0 Å². The third-order valence-corrected chi connectivity index (χ3v) is 5.11. The molecule has 5 nitrogen and oxygen atoms in total. The molecule has 28 heavy (non-hydrogen) atoms. The third kappa shape index (κ3) is 3.12. The van der Waals surface area contributed by atoms with Gasteiger partial charge in [0.1, 0.15) is 5.69 Å². The lowest BCUT2D eigenvalue weighted by molar-refractivity contribution is 0.420. The molecule has 0 amide bonds. The minimum Gasteiger partial charge on any atom is -0.493 e. The summed E-state index contributed by atoms with van der Waals surface area (Å²) >= 11 is 12.1. The van der Waals surface area contributed by atoms with Crippen molar-refractivity contribution >= 4 is 46.8 Å². The van der Waals surface area contributed by atoms with Crippen LogP contribution in [-0.4, -0.2) is 20.9 Å². The molecule has 2 aromatic carbocycles. The number of benzene rings is 2. The molecule has 0 aliphatic carbocycles. The topological polar surface area (TPSA) is 70.4 Å². The van der Waals surface area contributed by atoms with Gasteiger partial charge >= 0.3 is 5.69 Å². The molecule has 142 valence electrons. The lowest BCUT2D eigenvalue weighted by Gasteiger charge is -2.05. The van der Waals surface area contributed by atoms with Crippen molar-refractivity contribution in [2.45, 2.75) is 6.54 Å². The number of aliphatic imine (C=N–C) groups is 1. The monoisotopic (exact) mass is 421 g/mol. The first-order valence-electron chi connectivity index (χ1n) is 8.05. The maximum absolute atomic E-state index is 13.4. The van der Waals surface area contributed by atoms with Crippen LogP contribution in [0.5, 0.6) is 5.88 Å². The summed E-state index contributed by atoms with van der Waals surface area (Å²) in [4.78, 5) is 19.0. The largest absolute Gasteiger partial charge is 0.493 e. The molecule has 0 bridgehead atoms. The van der Waals surface area contributed by atoms with Crippen LogP contribution in [0.25, 0.3) is 11.6 Å². The van der Waals surface area contributed by atoms with Crippen molar-refractivity contribution in [2.24, 2.45) is 4.99 Å². The minimum atomic E-state index is -1.03. The van der Waals surface area contributed by atoms with E-state index in [1.807, 2.05) is 0 Å². The standard InChI is InChI=1S/C19H11Cl2F2N3O2/c20-12-3-2-11-10(7-24-17(11)16(12)21)6-15-18(27)26(19(28)25-15)8-9-1-4-13(22)14(23)5-9/h1-7,27H,8H2,(H,25,28). The van der Waals surface area contributed by atoms with Gasteiger partial charge in [-0.05, 0) is 29.8 Å². The summed E-state index contributed by atoms with van der Waals surface area (Å²) in [5, 5.41) is 11.1. The minimum absolute atomic E-state index is 0.131. The van der Waals surface area contributed by atoms with Crippen molar-refractivity contribution in [3.63, 3.8) is 0 Å². The molecule has 0 radical (unpaired) electrons. The SMILES string of the molecule is O=c1[nH]c(C=C2C=Nc3c2ccc(Cl)c3Cl)c(O)n1Cc1ccc(F)c(F)c1. The highest BCUT2D eigenvalue weighted by Crippen LogP contribution is 2.42. The summed E-state index contributed by atoms with van der Waals surface area (Å²) in [6.07, 6.45) is 3.08. The Morgan fingerprint density at radius 3 is 2.71 bits per heavy atom. The van der Waals surface area contributed by atoms with Gasteiger partial charge < -0.3 is 10.1 Å². The number of H-pyrrole nitrogens is 1. The van der Waals surface area contributed by atoms with Crippen LogP contribution in [0.3, 0.4) is 0 Å². The number of nitrogens with one attached hydrogen (secondary N) is 1. The predicted molar refractivity (Wildman–Crippen MR) is 105 cm³/mol.